The molecule has 27 heavy (non-hydrogen) atoms. The second-order valence-electron chi connectivity index (χ2n) is 6.79. The Bertz CT molecular complexity index is 910. The first-order valence-electron chi connectivity index (χ1n) is 8.89. The fraction of sp³-hybridized carbons (Fsp3) is 0.350. The van der Waals surface area contributed by atoms with Crippen LogP contribution in [0.5, 0.6) is 0 Å². The Kier molecular flexibility index (Phi) is 5.82. The Morgan fingerprint density at radius 2 is 1.89 bits per heavy atom. The maximum absolute atomic E-state index is 12.6. The number of sulfonamides is 1. The summed E-state index contributed by atoms with van der Waals surface area (Å²) in [7, 11) is -3.53. The van der Waals surface area contributed by atoms with E-state index in [0.717, 1.165) is 11.1 Å². The van der Waals surface area contributed by atoms with E-state index in [1.807, 2.05) is 32.0 Å². The van der Waals surface area contributed by atoms with Gasteiger partial charge in [0, 0.05) is 17.8 Å². The zero-order chi connectivity index (χ0) is 19.4. The van der Waals surface area contributed by atoms with Gasteiger partial charge in [0.2, 0.25) is 10.0 Å². The molecule has 144 valence electrons. The molecule has 6 nitrogen and oxygen atoms in total. The summed E-state index contributed by atoms with van der Waals surface area (Å²) >= 11 is 0. The molecule has 3 rings (SSSR count). The van der Waals surface area contributed by atoms with Crippen molar-refractivity contribution in [2.45, 2.75) is 25.6 Å². The third-order valence-electron chi connectivity index (χ3n) is 4.64. The number of ether oxygens (including phenoxy) is 1. The number of amides is 1. The van der Waals surface area contributed by atoms with Crippen LogP contribution in [0.3, 0.4) is 0 Å². The third-order valence-corrected chi connectivity index (χ3v) is 5.88. The van der Waals surface area contributed by atoms with Gasteiger partial charge in [-0.15, -0.1) is 0 Å². The molecule has 1 aliphatic heterocycles. The van der Waals surface area contributed by atoms with Crippen LogP contribution >= 0.6 is 0 Å². The van der Waals surface area contributed by atoms with Gasteiger partial charge in [-0.25, -0.2) is 8.42 Å². The summed E-state index contributed by atoms with van der Waals surface area (Å²) in [5.41, 5.74) is 2.67. The lowest BCUT2D eigenvalue weighted by Crippen LogP contribution is -2.47. The number of benzene rings is 2. The van der Waals surface area contributed by atoms with Crippen molar-refractivity contribution in [2.75, 3.05) is 24.5 Å². The van der Waals surface area contributed by atoms with Crippen LogP contribution in [0, 0.1) is 6.92 Å². The molecule has 0 aromatic heterocycles. The quantitative estimate of drug-likeness (QED) is 0.855. The molecule has 1 atom stereocenters. The number of carbonyl (C=O) groups excluding carboxylic acids is 1. The average molecular weight is 388 g/mol. The van der Waals surface area contributed by atoms with Gasteiger partial charge in [-0.05, 0) is 49.2 Å². The second-order valence-corrected chi connectivity index (χ2v) is 8.51. The van der Waals surface area contributed by atoms with Crippen molar-refractivity contribution in [3.63, 3.8) is 0 Å². The number of nitrogens with one attached hydrogen (secondary N) is 1. The van der Waals surface area contributed by atoms with E-state index >= 15 is 0 Å². The number of carbonyl (C=O) groups is 1. The molecule has 0 bridgehead atoms. The fourth-order valence-electron chi connectivity index (χ4n) is 3.07. The van der Waals surface area contributed by atoms with Crippen molar-refractivity contribution in [1.29, 1.82) is 0 Å². The van der Waals surface area contributed by atoms with Crippen molar-refractivity contribution in [3.8, 4) is 0 Å². The summed E-state index contributed by atoms with van der Waals surface area (Å²) < 4.78 is 32.8. The lowest BCUT2D eigenvalue weighted by atomic mass is 10.1. The lowest BCUT2D eigenvalue weighted by molar-refractivity contribution is 0.00359. The first-order chi connectivity index (χ1) is 12.9. The van der Waals surface area contributed by atoms with E-state index in [9.17, 15) is 13.2 Å². The van der Waals surface area contributed by atoms with Gasteiger partial charge >= 0.3 is 0 Å². The van der Waals surface area contributed by atoms with Gasteiger partial charge in [0.15, 0.2) is 0 Å². The molecule has 0 spiro atoms. The van der Waals surface area contributed by atoms with Crippen LogP contribution in [-0.4, -0.2) is 45.0 Å². The van der Waals surface area contributed by atoms with Crippen LogP contribution in [0.4, 0.5) is 5.69 Å². The van der Waals surface area contributed by atoms with Gasteiger partial charge in [0.1, 0.15) is 0 Å². The second kappa shape index (κ2) is 8.10. The van der Waals surface area contributed by atoms with Crippen molar-refractivity contribution in [1.82, 2.24) is 4.90 Å². The van der Waals surface area contributed by atoms with Crippen molar-refractivity contribution < 1.29 is 17.9 Å². The summed E-state index contributed by atoms with van der Waals surface area (Å²) in [6.45, 7) is 5.46. The van der Waals surface area contributed by atoms with E-state index in [4.69, 9.17) is 4.74 Å². The fourth-order valence-corrected chi connectivity index (χ4v) is 4.37. The Balaban J connectivity index is 1.68. The Morgan fingerprint density at radius 3 is 2.56 bits per heavy atom. The standard InChI is InChI=1S/C20H24N2O4S/c1-15-5-3-4-6-18(15)14-27(24,25)21-19-9-7-17(8-10-19)20(23)22-11-12-26-13-16(22)2/h3-10,16,21H,11-14H2,1-2H3. The number of aryl methyl sites for hydroxylation is 1. The third kappa shape index (κ3) is 4.87. The minimum Gasteiger partial charge on any atom is -0.377 e. The van der Waals surface area contributed by atoms with Crippen LogP contribution in [-0.2, 0) is 20.5 Å². The van der Waals surface area contributed by atoms with Crippen LogP contribution in [0.15, 0.2) is 48.5 Å². The molecule has 1 N–H and O–H groups in total. The number of nitrogens with zero attached hydrogens (tertiary/aromatic N) is 1. The molecule has 1 amide bonds. The maximum atomic E-state index is 12.6. The number of morpholine rings is 1. The smallest absolute Gasteiger partial charge is 0.254 e. The lowest BCUT2D eigenvalue weighted by Gasteiger charge is -2.33. The number of hydrogen-bond acceptors (Lipinski definition) is 4. The van der Waals surface area contributed by atoms with Crippen molar-refractivity contribution >= 4 is 21.6 Å². The molecule has 2 aromatic carbocycles. The topological polar surface area (TPSA) is 75.7 Å². The first kappa shape index (κ1) is 19.4. The van der Waals surface area contributed by atoms with Crippen LogP contribution in [0.25, 0.3) is 0 Å². The maximum Gasteiger partial charge on any atom is 0.254 e. The van der Waals surface area contributed by atoms with E-state index in [1.165, 1.54) is 0 Å². The average Bonchev–Trinajstić information content (AvgIpc) is 2.64. The highest BCUT2D eigenvalue weighted by Crippen LogP contribution is 2.18. The zero-order valence-electron chi connectivity index (χ0n) is 15.5. The van der Waals surface area contributed by atoms with Gasteiger partial charge in [-0.1, -0.05) is 24.3 Å². The minimum atomic E-state index is -3.53. The van der Waals surface area contributed by atoms with Crippen LogP contribution in [0.1, 0.15) is 28.4 Å². The Labute approximate surface area is 160 Å². The van der Waals surface area contributed by atoms with Gasteiger partial charge in [0.25, 0.3) is 5.91 Å². The Morgan fingerprint density at radius 1 is 1.19 bits per heavy atom. The van der Waals surface area contributed by atoms with E-state index in [0.29, 0.717) is 31.0 Å². The molecule has 1 saturated heterocycles. The molecule has 1 fully saturated rings. The molecule has 0 radical (unpaired) electrons. The van der Waals surface area contributed by atoms with Gasteiger partial charge in [-0.3, -0.25) is 9.52 Å². The monoisotopic (exact) mass is 388 g/mol. The molecule has 0 saturated carbocycles. The molecule has 1 unspecified atom stereocenters. The highest BCUT2D eigenvalue weighted by atomic mass is 32.2. The summed E-state index contributed by atoms with van der Waals surface area (Å²) in [6.07, 6.45) is 0. The minimum absolute atomic E-state index is 0.0264. The molecular formula is C20H24N2O4S. The molecule has 1 aliphatic rings. The van der Waals surface area contributed by atoms with E-state index < -0.39 is 10.0 Å². The summed E-state index contributed by atoms with van der Waals surface area (Å²) in [5.74, 6) is -0.161. The SMILES string of the molecule is Cc1ccccc1CS(=O)(=O)Nc1ccc(C(=O)N2CCOCC2C)cc1. The summed E-state index contributed by atoms with van der Waals surface area (Å²) in [5, 5.41) is 0. The van der Waals surface area contributed by atoms with Crippen molar-refractivity contribution in [2.24, 2.45) is 0 Å². The number of anilines is 1. The predicted molar refractivity (Wildman–Crippen MR) is 105 cm³/mol. The summed E-state index contributed by atoms with van der Waals surface area (Å²) in [6, 6.07) is 14.0. The molecular weight excluding hydrogens is 364 g/mol. The largest absolute Gasteiger partial charge is 0.377 e. The molecule has 1 heterocycles. The highest BCUT2D eigenvalue weighted by Gasteiger charge is 2.24. The zero-order valence-corrected chi connectivity index (χ0v) is 16.3. The molecule has 7 heteroatoms. The van der Waals surface area contributed by atoms with Gasteiger partial charge < -0.3 is 9.64 Å². The normalized spacial score (nSPS) is 17.6. The summed E-state index contributed by atoms with van der Waals surface area (Å²) in [4.78, 5) is 14.4. The number of rotatable bonds is 5. The predicted octanol–water partition coefficient (Wildman–Crippen LogP) is 2.80. The van der Waals surface area contributed by atoms with Crippen LogP contribution < -0.4 is 4.72 Å². The number of hydrogen-bond donors (Lipinski definition) is 1. The van der Waals surface area contributed by atoms with E-state index in [1.54, 1.807) is 35.2 Å². The van der Waals surface area contributed by atoms with E-state index in [-0.39, 0.29) is 17.7 Å². The van der Waals surface area contributed by atoms with Crippen molar-refractivity contribution in [3.05, 3.63) is 65.2 Å². The van der Waals surface area contributed by atoms with E-state index in [2.05, 4.69) is 4.72 Å². The first-order valence-corrected chi connectivity index (χ1v) is 10.5. The molecule has 2 aromatic rings. The Hall–Kier alpha value is -2.38. The molecule has 0 aliphatic carbocycles. The van der Waals surface area contributed by atoms with Gasteiger partial charge in [0.05, 0.1) is 25.0 Å². The highest BCUT2D eigenvalue weighted by molar-refractivity contribution is 7.91. The van der Waals surface area contributed by atoms with Gasteiger partial charge in [-0.2, -0.15) is 0 Å². The van der Waals surface area contributed by atoms with Crippen LogP contribution in [0.2, 0.25) is 0 Å².